The van der Waals surface area contributed by atoms with Crippen molar-refractivity contribution in [1.82, 2.24) is 4.98 Å². The fraction of sp³-hybridized carbons (Fsp3) is 0.389. The van der Waals surface area contributed by atoms with Crippen molar-refractivity contribution in [1.29, 1.82) is 0 Å². The van der Waals surface area contributed by atoms with Gasteiger partial charge in [0.15, 0.2) is 0 Å². The van der Waals surface area contributed by atoms with Gasteiger partial charge >= 0.3 is 0 Å². The third-order valence-corrected chi connectivity index (χ3v) is 4.22. The molecule has 1 aromatic carbocycles. The molecule has 3 rings (SSSR count). The van der Waals surface area contributed by atoms with E-state index in [-0.39, 0.29) is 0 Å². The molecule has 1 aliphatic carbocycles. The van der Waals surface area contributed by atoms with Gasteiger partial charge in [-0.1, -0.05) is 30.7 Å². The highest BCUT2D eigenvalue weighted by Crippen LogP contribution is 2.37. The van der Waals surface area contributed by atoms with Crippen LogP contribution in [0, 0.1) is 13.8 Å². The number of aliphatic hydroxyl groups is 1. The zero-order valence-electron chi connectivity index (χ0n) is 12.1. The quantitative estimate of drug-likeness (QED) is 0.910. The Labute approximate surface area is 120 Å². The minimum atomic E-state index is -0.560. The predicted octanol–water partition coefficient (Wildman–Crippen LogP) is 4.05. The minimum absolute atomic E-state index is 0.560. The largest absolute Gasteiger partial charge is 0.384 e. The van der Waals surface area contributed by atoms with Crippen molar-refractivity contribution in [3.8, 4) is 0 Å². The van der Waals surface area contributed by atoms with Crippen molar-refractivity contribution in [2.45, 2.75) is 45.1 Å². The van der Waals surface area contributed by atoms with Crippen LogP contribution < -0.4 is 0 Å². The van der Waals surface area contributed by atoms with Crippen LogP contribution in [0.5, 0.6) is 0 Å². The number of aliphatic hydroxyl groups excluding tert-OH is 1. The summed E-state index contributed by atoms with van der Waals surface area (Å²) in [6.07, 6.45) is 3.34. The number of benzene rings is 1. The lowest BCUT2D eigenvalue weighted by molar-refractivity contribution is 0.219. The van der Waals surface area contributed by atoms with E-state index < -0.39 is 6.10 Å². The second-order valence-corrected chi connectivity index (χ2v) is 5.88. The molecule has 1 atom stereocenters. The molecule has 1 aliphatic rings. The number of aromatic nitrogens is 1. The Hall–Kier alpha value is -1.67. The molecule has 0 saturated heterocycles. The average molecular weight is 267 g/mol. The molecule has 2 nitrogen and oxygen atoms in total. The SMILES string of the molecule is Cc1cc(C(O)c2cccc(C3CCC3)c2)cc(C)n1. The molecule has 1 aromatic heterocycles. The number of hydrogen-bond acceptors (Lipinski definition) is 2. The van der Waals surface area contributed by atoms with E-state index >= 15 is 0 Å². The lowest BCUT2D eigenvalue weighted by Gasteiger charge is -2.26. The highest BCUT2D eigenvalue weighted by molar-refractivity contribution is 5.35. The molecule has 20 heavy (non-hydrogen) atoms. The summed E-state index contributed by atoms with van der Waals surface area (Å²) >= 11 is 0. The van der Waals surface area contributed by atoms with Gasteiger partial charge in [-0.3, -0.25) is 4.98 Å². The van der Waals surface area contributed by atoms with E-state index in [4.69, 9.17) is 0 Å². The van der Waals surface area contributed by atoms with E-state index in [2.05, 4.69) is 23.2 Å². The average Bonchev–Trinajstić information content (AvgIpc) is 2.35. The van der Waals surface area contributed by atoms with E-state index in [9.17, 15) is 5.11 Å². The van der Waals surface area contributed by atoms with E-state index in [1.807, 2.05) is 32.0 Å². The summed E-state index contributed by atoms with van der Waals surface area (Å²) in [5.41, 5.74) is 5.19. The second kappa shape index (κ2) is 5.37. The van der Waals surface area contributed by atoms with Crippen LogP contribution in [-0.4, -0.2) is 10.1 Å². The van der Waals surface area contributed by atoms with Gasteiger partial charge in [-0.25, -0.2) is 0 Å². The summed E-state index contributed by atoms with van der Waals surface area (Å²) in [4.78, 5) is 4.37. The Morgan fingerprint density at radius 3 is 2.35 bits per heavy atom. The van der Waals surface area contributed by atoms with E-state index in [0.717, 1.165) is 22.5 Å². The number of aryl methyl sites for hydroxylation is 2. The van der Waals surface area contributed by atoms with E-state index in [0.29, 0.717) is 5.92 Å². The lowest BCUT2D eigenvalue weighted by atomic mass is 9.79. The van der Waals surface area contributed by atoms with Gasteiger partial charge in [-0.05, 0) is 61.4 Å². The molecular formula is C18H21NO. The van der Waals surface area contributed by atoms with Crippen molar-refractivity contribution < 1.29 is 5.11 Å². The highest BCUT2D eigenvalue weighted by atomic mass is 16.3. The Balaban J connectivity index is 1.91. The molecule has 2 aromatic rings. The van der Waals surface area contributed by atoms with Crippen LogP contribution in [0.2, 0.25) is 0 Å². The fourth-order valence-corrected chi connectivity index (χ4v) is 2.94. The van der Waals surface area contributed by atoms with Gasteiger partial charge in [-0.15, -0.1) is 0 Å². The van der Waals surface area contributed by atoms with Gasteiger partial charge in [0.2, 0.25) is 0 Å². The molecule has 0 bridgehead atoms. The Morgan fingerprint density at radius 1 is 1.05 bits per heavy atom. The standard InChI is InChI=1S/C18H21NO/c1-12-9-17(10-13(2)19-12)18(20)16-8-4-7-15(11-16)14-5-3-6-14/h4,7-11,14,18,20H,3,5-6H2,1-2H3. The van der Waals surface area contributed by atoms with Gasteiger partial charge < -0.3 is 5.11 Å². The van der Waals surface area contributed by atoms with E-state index in [1.54, 1.807) is 0 Å². The monoisotopic (exact) mass is 267 g/mol. The third kappa shape index (κ3) is 2.61. The smallest absolute Gasteiger partial charge is 0.104 e. The Bertz CT molecular complexity index is 596. The molecule has 0 spiro atoms. The zero-order chi connectivity index (χ0) is 14.1. The molecule has 1 unspecified atom stereocenters. The van der Waals surface area contributed by atoms with Crippen molar-refractivity contribution in [3.05, 3.63) is 64.5 Å². The van der Waals surface area contributed by atoms with Crippen molar-refractivity contribution in [3.63, 3.8) is 0 Å². The summed E-state index contributed by atoms with van der Waals surface area (Å²) in [7, 11) is 0. The van der Waals surface area contributed by atoms with Crippen molar-refractivity contribution in [2.75, 3.05) is 0 Å². The molecule has 1 N–H and O–H groups in total. The number of rotatable bonds is 3. The summed E-state index contributed by atoms with van der Waals surface area (Å²) in [6, 6.07) is 12.4. The van der Waals surface area contributed by atoms with Crippen LogP contribution >= 0.6 is 0 Å². The van der Waals surface area contributed by atoms with Crippen LogP contribution in [0.15, 0.2) is 36.4 Å². The van der Waals surface area contributed by atoms with Crippen LogP contribution in [0.4, 0.5) is 0 Å². The highest BCUT2D eigenvalue weighted by Gasteiger charge is 2.20. The summed E-state index contributed by atoms with van der Waals surface area (Å²) in [5.74, 6) is 0.697. The Kier molecular flexibility index (Phi) is 3.58. The molecule has 0 aliphatic heterocycles. The Morgan fingerprint density at radius 2 is 1.75 bits per heavy atom. The van der Waals surface area contributed by atoms with Gasteiger partial charge in [-0.2, -0.15) is 0 Å². The van der Waals surface area contributed by atoms with E-state index in [1.165, 1.54) is 24.8 Å². The maximum atomic E-state index is 10.6. The maximum absolute atomic E-state index is 10.6. The molecule has 0 radical (unpaired) electrons. The first-order valence-corrected chi connectivity index (χ1v) is 7.36. The first kappa shape index (κ1) is 13.3. The summed E-state index contributed by atoms with van der Waals surface area (Å²) in [5, 5.41) is 10.6. The number of nitrogens with zero attached hydrogens (tertiary/aromatic N) is 1. The van der Waals surface area contributed by atoms with Crippen LogP contribution in [-0.2, 0) is 0 Å². The molecule has 1 heterocycles. The first-order chi connectivity index (χ1) is 9.63. The topological polar surface area (TPSA) is 33.1 Å². The zero-order valence-corrected chi connectivity index (χ0v) is 12.1. The predicted molar refractivity (Wildman–Crippen MR) is 80.8 cm³/mol. The maximum Gasteiger partial charge on any atom is 0.104 e. The van der Waals surface area contributed by atoms with Gasteiger partial charge in [0.05, 0.1) is 0 Å². The van der Waals surface area contributed by atoms with Gasteiger partial charge in [0.1, 0.15) is 6.10 Å². The summed E-state index contributed by atoms with van der Waals surface area (Å²) in [6.45, 7) is 3.93. The number of hydrogen-bond donors (Lipinski definition) is 1. The second-order valence-electron chi connectivity index (χ2n) is 5.88. The van der Waals surface area contributed by atoms with Crippen LogP contribution in [0.25, 0.3) is 0 Å². The normalized spacial score (nSPS) is 16.8. The lowest BCUT2D eigenvalue weighted by Crippen LogP contribution is -2.10. The summed E-state index contributed by atoms with van der Waals surface area (Å²) < 4.78 is 0. The molecule has 1 saturated carbocycles. The molecule has 1 fully saturated rings. The number of pyridine rings is 1. The minimum Gasteiger partial charge on any atom is -0.384 e. The molecule has 0 amide bonds. The third-order valence-electron chi connectivity index (χ3n) is 4.22. The first-order valence-electron chi connectivity index (χ1n) is 7.36. The molecule has 2 heteroatoms. The van der Waals surface area contributed by atoms with Gasteiger partial charge in [0, 0.05) is 11.4 Å². The van der Waals surface area contributed by atoms with Crippen molar-refractivity contribution in [2.24, 2.45) is 0 Å². The molecule has 104 valence electrons. The van der Waals surface area contributed by atoms with Crippen LogP contribution in [0.1, 0.15) is 59.4 Å². The van der Waals surface area contributed by atoms with Gasteiger partial charge in [0.25, 0.3) is 0 Å². The fourth-order valence-electron chi connectivity index (χ4n) is 2.94. The van der Waals surface area contributed by atoms with Crippen LogP contribution in [0.3, 0.4) is 0 Å². The molecular weight excluding hydrogens is 246 g/mol. The van der Waals surface area contributed by atoms with Crippen molar-refractivity contribution >= 4 is 0 Å².